The molecule has 0 aliphatic heterocycles. The third-order valence-electron chi connectivity index (χ3n) is 4.31. The van der Waals surface area contributed by atoms with Gasteiger partial charge in [0, 0.05) is 35.3 Å². The summed E-state index contributed by atoms with van der Waals surface area (Å²) in [5, 5.41) is 14.0. The van der Waals surface area contributed by atoms with Gasteiger partial charge in [-0.05, 0) is 30.7 Å². The number of rotatable bonds is 3. The van der Waals surface area contributed by atoms with Crippen LogP contribution in [0.4, 0.5) is 5.82 Å². The molecule has 0 atom stereocenters. The second-order valence-electron chi connectivity index (χ2n) is 5.99. The molecule has 6 heteroatoms. The number of aromatic amines is 1. The molecule has 0 aliphatic rings. The molecule has 126 valence electrons. The summed E-state index contributed by atoms with van der Waals surface area (Å²) >= 11 is 0. The molecule has 4 aromatic rings. The molecule has 26 heavy (non-hydrogen) atoms. The average molecular weight is 340 g/mol. The van der Waals surface area contributed by atoms with Crippen molar-refractivity contribution in [3.05, 3.63) is 72.3 Å². The number of H-pyrrole nitrogens is 1. The van der Waals surface area contributed by atoms with Crippen molar-refractivity contribution in [2.45, 2.75) is 6.92 Å². The summed E-state index contributed by atoms with van der Waals surface area (Å²) in [6.07, 6.45) is 7.30. The molecular weight excluding hydrogens is 324 g/mol. The number of benzene rings is 1. The Bertz CT molecular complexity index is 1120. The minimum atomic E-state index is 0.213. The molecule has 0 unspecified atom stereocenters. The Hall–Kier alpha value is -3.85. The third kappa shape index (κ3) is 2.62. The first-order chi connectivity index (χ1) is 12.7. The summed E-state index contributed by atoms with van der Waals surface area (Å²) < 4.78 is 1.80. The normalized spacial score (nSPS) is 10.6. The number of nitrogens with one attached hydrogen (secondary N) is 1. The molecule has 0 amide bonds. The minimum absolute atomic E-state index is 0.213. The second-order valence-corrected chi connectivity index (χ2v) is 5.99. The van der Waals surface area contributed by atoms with E-state index in [1.165, 1.54) is 0 Å². The zero-order valence-corrected chi connectivity index (χ0v) is 14.1. The van der Waals surface area contributed by atoms with Crippen LogP contribution in [0.2, 0.25) is 0 Å². The van der Waals surface area contributed by atoms with E-state index in [1.807, 2.05) is 61.9 Å². The van der Waals surface area contributed by atoms with E-state index < -0.39 is 0 Å². The van der Waals surface area contributed by atoms with Gasteiger partial charge >= 0.3 is 0 Å². The molecule has 0 radical (unpaired) electrons. The molecular formula is C20H16N6. The lowest BCUT2D eigenvalue weighted by atomic mass is 10.0. The molecule has 3 N–H and O–H groups in total. The topological polar surface area (TPSA) is 96.3 Å². The maximum atomic E-state index is 9.55. The van der Waals surface area contributed by atoms with E-state index in [-0.39, 0.29) is 5.82 Å². The number of hydrogen-bond acceptors (Lipinski definition) is 4. The monoisotopic (exact) mass is 340 g/mol. The molecule has 0 spiro atoms. The quantitative estimate of drug-likeness (QED) is 0.594. The van der Waals surface area contributed by atoms with Crippen molar-refractivity contribution in [1.29, 1.82) is 5.26 Å². The van der Waals surface area contributed by atoms with Crippen molar-refractivity contribution in [1.82, 2.24) is 19.7 Å². The van der Waals surface area contributed by atoms with Gasteiger partial charge in [-0.2, -0.15) is 10.4 Å². The Balaban J connectivity index is 1.86. The van der Waals surface area contributed by atoms with Crippen LogP contribution in [0.3, 0.4) is 0 Å². The van der Waals surface area contributed by atoms with Crippen molar-refractivity contribution in [3.8, 4) is 34.1 Å². The van der Waals surface area contributed by atoms with Crippen molar-refractivity contribution >= 4 is 5.82 Å². The fourth-order valence-corrected chi connectivity index (χ4v) is 2.96. The van der Waals surface area contributed by atoms with Crippen LogP contribution >= 0.6 is 0 Å². The van der Waals surface area contributed by atoms with Gasteiger partial charge in [-0.1, -0.05) is 18.2 Å². The van der Waals surface area contributed by atoms with E-state index >= 15 is 0 Å². The third-order valence-corrected chi connectivity index (χ3v) is 4.31. The predicted octanol–water partition coefficient (Wildman–Crippen LogP) is 3.69. The summed E-state index contributed by atoms with van der Waals surface area (Å²) in [7, 11) is 0. The molecule has 0 saturated carbocycles. The molecule has 0 bridgehead atoms. The summed E-state index contributed by atoms with van der Waals surface area (Å²) in [6, 6.07) is 13.9. The smallest absolute Gasteiger partial charge is 0.142 e. The van der Waals surface area contributed by atoms with Crippen molar-refractivity contribution in [2.75, 3.05) is 5.73 Å². The number of nitriles is 1. The van der Waals surface area contributed by atoms with Crippen LogP contribution in [-0.2, 0) is 0 Å². The maximum absolute atomic E-state index is 9.55. The van der Waals surface area contributed by atoms with Crippen LogP contribution in [0.5, 0.6) is 0 Å². The zero-order valence-electron chi connectivity index (χ0n) is 14.1. The Morgan fingerprint density at radius 1 is 1.19 bits per heavy atom. The molecule has 4 rings (SSSR count). The van der Waals surface area contributed by atoms with Gasteiger partial charge in [0.2, 0.25) is 0 Å². The van der Waals surface area contributed by atoms with Gasteiger partial charge in [-0.3, -0.25) is 0 Å². The van der Waals surface area contributed by atoms with Crippen LogP contribution in [0, 0.1) is 18.3 Å². The Morgan fingerprint density at radius 2 is 2.04 bits per heavy atom. The standard InChI is InChI=1S/C20H16N6/c1-13-4-2-3-5-19(13)26-12-15(11-24-26)16-8-18(14-6-7-23-10-14)25-20(22)17(16)9-21/h2-8,10-12,23H,1H3,(H2,22,25). The lowest BCUT2D eigenvalue weighted by Crippen LogP contribution is -1.99. The van der Waals surface area contributed by atoms with Crippen LogP contribution in [0.25, 0.3) is 28.1 Å². The van der Waals surface area contributed by atoms with Crippen LogP contribution in [-0.4, -0.2) is 19.7 Å². The number of aromatic nitrogens is 4. The summed E-state index contributed by atoms with van der Waals surface area (Å²) in [5.41, 5.74) is 11.7. The van der Waals surface area contributed by atoms with E-state index in [0.717, 1.165) is 27.9 Å². The number of nitrogens with two attached hydrogens (primary N) is 1. The number of para-hydroxylation sites is 1. The van der Waals surface area contributed by atoms with Crippen LogP contribution < -0.4 is 5.73 Å². The zero-order chi connectivity index (χ0) is 18.1. The summed E-state index contributed by atoms with van der Waals surface area (Å²) in [5.74, 6) is 0.213. The molecule has 1 aromatic carbocycles. The highest BCUT2D eigenvalue weighted by molar-refractivity contribution is 5.79. The van der Waals surface area contributed by atoms with E-state index in [2.05, 4.69) is 21.1 Å². The average Bonchev–Trinajstić information content (AvgIpc) is 3.33. The highest BCUT2D eigenvalue weighted by atomic mass is 15.3. The molecule has 3 heterocycles. The van der Waals surface area contributed by atoms with Crippen molar-refractivity contribution in [2.24, 2.45) is 0 Å². The molecule has 6 nitrogen and oxygen atoms in total. The largest absolute Gasteiger partial charge is 0.383 e. The van der Waals surface area contributed by atoms with Gasteiger partial charge in [0.25, 0.3) is 0 Å². The van der Waals surface area contributed by atoms with Gasteiger partial charge in [-0.15, -0.1) is 0 Å². The second kappa shape index (κ2) is 6.22. The summed E-state index contributed by atoms with van der Waals surface area (Å²) in [4.78, 5) is 7.36. The number of anilines is 1. The van der Waals surface area contributed by atoms with Crippen LogP contribution in [0.15, 0.2) is 61.2 Å². The molecule has 0 saturated heterocycles. The fourth-order valence-electron chi connectivity index (χ4n) is 2.96. The predicted molar refractivity (Wildman–Crippen MR) is 100 cm³/mol. The molecule has 3 aromatic heterocycles. The number of nitrogen functional groups attached to an aromatic ring is 1. The molecule has 0 fully saturated rings. The first-order valence-corrected chi connectivity index (χ1v) is 8.12. The van der Waals surface area contributed by atoms with E-state index in [9.17, 15) is 5.26 Å². The van der Waals surface area contributed by atoms with E-state index in [4.69, 9.17) is 5.73 Å². The Kier molecular flexibility index (Phi) is 3.75. The number of hydrogen-bond donors (Lipinski definition) is 2. The highest BCUT2D eigenvalue weighted by Gasteiger charge is 2.15. The van der Waals surface area contributed by atoms with Crippen LogP contribution in [0.1, 0.15) is 11.1 Å². The minimum Gasteiger partial charge on any atom is -0.383 e. The lowest BCUT2D eigenvalue weighted by Gasteiger charge is -2.08. The summed E-state index contributed by atoms with van der Waals surface area (Å²) in [6.45, 7) is 2.03. The van der Waals surface area contributed by atoms with Gasteiger partial charge in [0.1, 0.15) is 17.5 Å². The van der Waals surface area contributed by atoms with Gasteiger partial charge < -0.3 is 10.7 Å². The lowest BCUT2D eigenvalue weighted by molar-refractivity contribution is 0.873. The molecule has 0 aliphatic carbocycles. The first kappa shape index (κ1) is 15.7. The van der Waals surface area contributed by atoms with Crippen molar-refractivity contribution < 1.29 is 0 Å². The first-order valence-electron chi connectivity index (χ1n) is 8.12. The fraction of sp³-hybridized carbons (Fsp3) is 0.0500. The number of pyridine rings is 1. The number of aryl methyl sites for hydroxylation is 1. The van der Waals surface area contributed by atoms with Crippen molar-refractivity contribution in [3.63, 3.8) is 0 Å². The number of nitrogens with zero attached hydrogens (tertiary/aromatic N) is 4. The Labute approximate surface area is 150 Å². The van der Waals surface area contributed by atoms with Gasteiger partial charge in [-0.25, -0.2) is 9.67 Å². The van der Waals surface area contributed by atoms with E-state index in [1.54, 1.807) is 10.9 Å². The highest BCUT2D eigenvalue weighted by Crippen LogP contribution is 2.31. The maximum Gasteiger partial charge on any atom is 0.142 e. The van der Waals surface area contributed by atoms with E-state index in [0.29, 0.717) is 11.3 Å². The van der Waals surface area contributed by atoms with Gasteiger partial charge in [0.05, 0.1) is 17.6 Å². The Morgan fingerprint density at radius 3 is 2.77 bits per heavy atom. The SMILES string of the molecule is Cc1ccccc1-n1cc(-c2cc(-c3cc[nH]c3)nc(N)c2C#N)cn1. The van der Waals surface area contributed by atoms with Gasteiger partial charge in [0.15, 0.2) is 0 Å².